The fraction of sp³-hybridized carbons (Fsp3) is 0.815. The number of alkyl carbamates (subject to hydrolysis) is 1. The smallest absolute Gasteiger partial charge is 0.408 e. The molecule has 0 spiro atoms. The summed E-state index contributed by atoms with van der Waals surface area (Å²) in [4.78, 5) is 65.8. The molecule has 37 heavy (non-hydrogen) atoms. The summed E-state index contributed by atoms with van der Waals surface area (Å²) in [5.41, 5.74) is 4.36. The first-order valence-corrected chi connectivity index (χ1v) is 13.6. The van der Waals surface area contributed by atoms with Crippen LogP contribution in [0.1, 0.15) is 86.5 Å². The van der Waals surface area contributed by atoms with E-state index in [1.807, 2.05) is 6.92 Å². The average Bonchev–Trinajstić information content (AvgIpc) is 3.14. The quantitative estimate of drug-likeness (QED) is 0.397. The number of nitrogens with two attached hydrogens (primary N) is 1. The number of nitrogens with zero attached hydrogens (tertiary/aromatic N) is 1. The van der Waals surface area contributed by atoms with Gasteiger partial charge in [0.1, 0.15) is 17.7 Å². The monoisotopic (exact) mass is 520 g/mol. The van der Waals surface area contributed by atoms with E-state index in [2.05, 4.69) is 24.5 Å². The van der Waals surface area contributed by atoms with Crippen LogP contribution in [0.25, 0.3) is 0 Å². The Labute approximate surface area is 219 Å². The van der Waals surface area contributed by atoms with Crippen molar-refractivity contribution in [1.82, 2.24) is 15.5 Å². The molecule has 3 rings (SSSR count). The maximum Gasteiger partial charge on any atom is 0.408 e. The average molecular weight is 521 g/mol. The summed E-state index contributed by atoms with van der Waals surface area (Å²) in [6.45, 7) is 11.7. The van der Waals surface area contributed by atoms with Gasteiger partial charge in [0.15, 0.2) is 0 Å². The lowest BCUT2D eigenvalue weighted by atomic mass is 9.83. The second kappa shape index (κ2) is 11.0. The van der Waals surface area contributed by atoms with Gasteiger partial charge in [-0.25, -0.2) is 4.79 Å². The first-order valence-electron chi connectivity index (χ1n) is 13.6. The Kier molecular flexibility index (Phi) is 8.59. The van der Waals surface area contributed by atoms with Gasteiger partial charge in [-0.15, -0.1) is 0 Å². The highest BCUT2D eigenvalue weighted by Crippen LogP contribution is 2.65. The van der Waals surface area contributed by atoms with Crippen LogP contribution in [0.4, 0.5) is 4.79 Å². The summed E-state index contributed by atoms with van der Waals surface area (Å²) in [5, 5.41) is 5.54. The van der Waals surface area contributed by atoms with Gasteiger partial charge in [0.2, 0.25) is 17.6 Å². The lowest BCUT2D eigenvalue weighted by Gasteiger charge is -2.37. The molecule has 0 aromatic carbocycles. The van der Waals surface area contributed by atoms with E-state index >= 15 is 0 Å². The first kappa shape index (κ1) is 28.9. The van der Waals surface area contributed by atoms with E-state index in [1.165, 1.54) is 0 Å². The van der Waals surface area contributed by atoms with E-state index < -0.39 is 47.4 Å². The predicted molar refractivity (Wildman–Crippen MR) is 137 cm³/mol. The second-order valence-electron chi connectivity index (χ2n) is 12.5. The standard InChI is InChI=1S/C27H44N4O6/c1-7-11-17(21(32)22(28)33)29-23(34)20-18-16(27(18,5)6)14-31(20)24(35)19(15-12-9-8-10-13-15)30-25(36)37-26(2,3)4/h15-20H,7-14H2,1-6H3,(H2,28,33)(H,29,34)(H,30,36)/t16-,17-,18-,19?,20?/m0/s1. The molecule has 2 unspecified atom stereocenters. The third-order valence-corrected chi connectivity index (χ3v) is 8.27. The number of Topliss-reactive ketones (excluding diaryl/α,β-unsaturated/α-hetero) is 1. The maximum atomic E-state index is 14.0. The third kappa shape index (κ3) is 6.44. The van der Waals surface area contributed by atoms with E-state index in [1.54, 1.807) is 25.7 Å². The van der Waals surface area contributed by atoms with Crippen LogP contribution < -0.4 is 16.4 Å². The largest absolute Gasteiger partial charge is 0.444 e. The number of hydrogen-bond acceptors (Lipinski definition) is 6. The molecule has 0 aromatic heterocycles. The van der Waals surface area contributed by atoms with Crippen molar-refractivity contribution < 1.29 is 28.7 Å². The minimum absolute atomic E-state index is 0.0494. The number of carbonyl (C=O) groups excluding carboxylic acids is 5. The van der Waals surface area contributed by atoms with E-state index in [4.69, 9.17) is 10.5 Å². The molecule has 1 aliphatic heterocycles. The van der Waals surface area contributed by atoms with E-state index in [-0.39, 0.29) is 35.5 Å². The molecule has 2 aliphatic carbocycles. The van der Waals surface area contributed by atoms with Crippen LogP contribution in [-0.4, -0.2) is 64.8 Å². The van der Waals surface area contributed by atoms with Gasteiger partial charge in [-0.1, -0.05) is 46.5 Å². The third-order valence-electron chi connectivity index (χ3n) is 8.27. The summed E-state index contributed by atoms with van der Waals surface area (Å²) in [6, 6.07) is -2.62. The van der Waals surface area contributed by atoms with E-state index in [9.17, 15) is 24.0 Å². The van der Waals surface area contributed by atoms with Crippen LogP contribution in [0.5, 0.6) is 0 Å². The Morgan fingerprint density at radius 1 is 1.05 bits per heavy atom. The number of likely N-dealkylation sites (tertiary alicyclic amines) is 1. The number of rotatable bonds is 9. The van der Waals surface area contributed by atoms with Gasteiger partial charge in [-0.05, 0) is 63.2 Å². The van der Waals surface area contributed by atoms with Crippen molar-refractivity contribution in [3.8, 4) is 0 Å². The summed E-state index contributed by atoms with van der Waals surface area (Å²) in [6.07, 6.45) is 4.83. The Morgan fingerprint density at radius 2 is 1.68 bits per heavy atom. The molecule has 1 saturated heterocycles. The molecule has 4 N–H and O–H groups in total. The predicted octanol–water partition coefficient (Wildman–Crippen LogP) is 2.28. The van der Waals surface area contributed by atoms with Crippen LogP contribution in [0.15, 0.2) is 0 Å². The zero-order valence-corrected chi connectivity index (χ0v) is 23.1. The fourth-order valence-electron chi connectivity index (χ4n) is 6.26. The van der Waals surface area contributed by atoms with Crippen LogP contribution in [0.3, 0.4) is 0 Å². The van der Waals surface area contributed by atoms with Crippen molar-refractivity contribution >= 4 is 29.6 Å². The molecule has 0 radical (unpaired) electrons. The van der Waals surface area contributed by atoms with Crippen molar-refractivity contribution in [2.45, 2.75) is 110 Å². The molecule has 5 atom stereocenters. The van der Waals surface area contributed by atoms with Gasteiger partial charge in [0.05, 0.1) is 6.04 Å². The SMILES string of the molecule is CCC[C@H](NC(=O)C1[C@@H]2[C@H](CN1C(=O)C(NC(=O)OC(C)(C)C)C1CCCCC1)C2(C)C)C(=O)C(N)=O. The summed E-state index contributed by atoms with van der Waals surface area (Å²) in [5.74, 6) is -2.68. The van der Waals surface area contributed by atoms with Gasteiger partial charge in [-0.2, -0.15) is 0 Å². The number of fused-ring (bicyclic) bond motifs is 1. The molecular weight excluding hydrogens is 476 g/mol. The number of ketones is 1. The Morgan fingerprint density at radius 3 is 2.22 bits per heavy atom. The van der Waals surface area contributed by atoms with Gasteiger partial charge >= 0.3 is 6.09 Å². The van der Waals surface area contributed by atoms with Crippen molar-refractivity contribution in [3.63, 3.8) is 0 Å². The molecule has 1 heterocycles. The molecule has 208 valence electrons. The molecule has 2 saturated carbocycles. The van der Waals surface area contributed by atoms with Crippen LogP contribution >= 0.6 is 0 Å². The summed E-state index contributed by atoms with van der Waals surface area (Å²) in [7, 11) is 0. The maximum absolute atomic E-state index is 14.0. The minimum Gasteiger partial charge on any atom is -0.444 e. The molecule has 0 aromatic rings. The van der Waals surface area contributed by atoms with Gasteiger partial charge < -0.3 is 26.0 Å². The molecule has 3 aliphatic rings. The molecule has 10 nitrogen and oxygen atoms in total. The normalized spacial score (nSPS) is 26.4. The zero-order valence-electron chi connectivity index (χ0n) is 23.1. The molecule has 3 fully saturated rings. The van der Waals surface area contributed by atoms with Crippen molar-refractivity contribution in [2.75, 3.05) is 6.54 Å². The van der Waals surface area contributed by atoms with Crippen molar-refractivity contribution in [1.29, 1.82) is 0 Å². The summed E-state index contributed by atoms with van der Waals surface area (Å²) >= 11 is 0. The Balaban J connectivity index is 1.85. The number of nitrogens with one attached hydrogen (secondary N) is 2. The second-order valence-corrected chi connectivity index (χ2v) is 12.5. The number of ether oxygens (including phenoxy) is 1. The van der Waals surface area contributed by atoms with Gasteiger partial charge in [0, 0.05) is 6.54 Å². The minimum atomic E-state index is -1.10. The number of hydrogen-bond donors (Lipinski definition) is 3. The number of amides is 4. The fourth-order valence-corrected chi connectivity index (χ4v) is 6.26. The van der Waals surface area contributed by atoms with Crippen LogP contribution in [0.2, 0.25) is 0 Å². The first-order chi connectivity index (χ1) is 17.2. The van der Waals surface area contributed by atoms with Crippen molar-refractivity contribution in [2.24, 2.45) is 28.9 Å². The van der Waals surface area contributed by atoms with E-state index in [0.717, 1.165) is 32.1 Å². The van der Waals surface area contributed by atoms with Crippen molar-refractivity contribution in [3.05, 3.63) is 0 Å². The topological polar surface area (TPSA) is 148 Å². The molecule has 10 heteroatoms. The van der Waals surface area contributed by atoms with Crippen LogP contribution in [-0.2, 0) is 23.9 Å². The number of carbonyl (C=O) groups is 5. The molecular formula is C27H44N4O6. The lowest BCUT2D eigenvalue weighted by molar-refractivity contribution is -0.144. The molecule has 0 bridgehead atoms. The highest BCUT2D eigenvalue weighted by atomic mass is 16.6. The zero-order chi connectivity index (χ0) is 27.7. The highest BCUT2D eigenvalue weighted by molar-refractivity contribution is 6.37. The highest BCUT2D eigenvalue weighted by Gasteiger charge is 2.69. The van der Waals surface area contributed by atoms with Gasteiger partial charge in [0.25, 0.3) is 5.91 Å². The number of primary amides is 1. The Hall–Kier alpha value is -2.65. The van der Waals surface area contributed by atoms with E-state index in [0.29, 0.717) is 13.0 Å². The lowest BCUT2D eigenvalue weighted by Crippen LogP contribution is -2.59. The molecule has 4 amide bonds. The Bertz CT molecular complexity index is 920. The van der Waals surface area contributed by atoms with Crippen LogP contribution in [0, 0.1) is 23.2 Å². The summed E-state index contributed by atoms with van der Waals surface area (Å²) < 4.78 is 5.46. The van der Waals surface area contributed by atoms with Gasteiger partial charge in [-0.3, -0.25) is 19.2 Å². The number of piperidine rings is 1.